The number of alkyl carbamates (subject to hydrolysis) is 1. The fourth-order valence-electron chi connectivity index (χ4n) is 3.28. The molecule has 0 aromatic heterocycles. The van der Waals surface area contributed by atoms with Gasteiger partial charge in [0.15, 0.2) is 6.61 Å². The Balaban J connectivity index is 0. The molecule has 0 radical (unpaired) electrons. The monoisotopic (exact) mass is 646 g/mol. The van der Waals surface area contributed by atoms with Gasteiger partial charge in [0.05, 0.1) is 6.54 Å². The summed E-state index contributed by atoms with van der Waals surface area (Å²) in [5.41, 5.74) is 3.56. The average Bonchev–Trinajstić information content (AvgIpc) is 2.85. The number of quaternary nitrogens is 1. The number of halogens is 1. The lowest BCUT2D eigenvalue weighted by molar-refractivity contribution is -0.371. The Morgan fingerprint density at radius 2 is 1.33 bits per heavy atom. The molecule has 36 heavy (non-hydrogen) atoms. The summed E-state index contributed by atoms with van der Waals surface area (Å²) in [7, 11) is -2.19. The number of allylic oxidation sites excluding steroid dienone is 2. The number of nitrogens with one attached hydrogen (secondary N) is 2. The van der Waals surface area contributed by atoms with Crippen LogP contribution in [0.5, 0.6) is 0 Å². The standard InChI is InChI=1S/C25H48N3O6P.HI/c1-2-3-4-5-6-7-8-9-10-11-12-13-14-15-16-17-24(29)27-19-22-32-25(30)28-20-23-34-35(31)33-21-18-26;/h9-10H,2-8,11-23,26H2,1H3,(H-,27,28,29,30);1H/p+1/b10-9-;. The van der Waals surface area contributed by atoms with Crippen LogP contribution >= 0.6 is 8.25 Å². The minimum Gasteiger partial charge on any atom is -1.00 e. The van der Waals surface area contributed by atoms with Crippen LogP contribution in [0.3, 0.4) is 0 Å². The van der Waals surface area contributed by atoms with E-state index < -0.39 is 14.3 Å². The van der Waals surface area contributed by atoms with Gasteiger partial charge in [0, 0.05) is 17.5 Å². The van der Waals surface area contributed by atoms with E-state index in [1.807, 2.05) is 0 Å². The topological polar surface area (TPSA) is 131 Å². The van der Waals surface area contributed by atoms with Crippen LogP contribution in [-0.4, -0.2) is 51.5 Å². The van der Waals surface area contributed by atoms with Crippen LogP contribution in [-0.2, 0) is 23.1 Å². The van der Waals surface area contributed by atoms with Crippen molar-refractivity contribution in [3.8, 4) is 0 Å². The second-order valence-corrected chi connectivity index (χ2v) is 9.45. The summed E-state index contributed by atoms with van der Waals surface area (Å²) in [6, 6.07) is 0. The van der Waals surface area contributed by atoms with Crippen molar-refractivity contribution in [3.63, 3.8) is 0 Å². The van der Waals surface area contributed by atoms with Crippen LogP contribution in [0.2, 0.25) is 0 Å². The normalized spacial score (nSPS) is 11.2. The molecule has 0 aliphatic heterocycles. The maximum atomic E-state index is 11.8. The largest absolute Gasteiger partial charge is 1.00 e. The van der Waals surface area contributed by atoms with Gasteiger partial charge in [-0.15, -0.1) is 9.05 Å². The lowest BCUT2D eigenvalue weighted by atomic mass is 10.1. The first-order chi connectivity index (χ1) is 17.1. The van der Waals surface area contributed by atoms with Crippen molar-refractivity contribution < 1.29 is 57.6 Å². The highest BCUT2D eigenvalue weighted by Gasteiger charge is 2.19. The zero-order chi connectivity index (χ0) is 25.8. The Hall–Kier alpha value is -0.810. The van der Waals surface area contributed by atoms with Gasteiger partial charge in [-0.3, -0.25) is 4.79 Å². The maximum Gasteiger partial charge on any atom is 0.697 e. The zero-order valence-electron chi connectivity index (χ0n) is 22.3. The summed E-state index contributed by atoms with van der Waals surface area (Å²) in [4.78, 5) is 23.4. The van der Waals surface area contributed by atoms with Crippen molar-refractivity contribution in [2.75, 3.05) is 39.5 Å². The van der Waals surface area contributed by atoms with E-state index in [4.69, 9.17) is 13.8 Å². The third-order valence-corrected chi connectivity index (χ3v) is 6.02. The quantitative estimate of drug-likeness (QED) is 0.0601. The average molecular weight is 647 g/mol. The number of carbonyl (C=O) groups excluding carboxylic acids is 2. The molecule has 0 aliphatic carbocycles. The summed E-state index contributed by atoms with van der Waals surface area (Å²) >= 11 is 0. The molecule has 0 aliphatic rings. The molecule has 1 unspecified atom stereocenters. The van der Waals surface area contributed by atoms with Crippen molar-refractivity contribution in [2.45, 2.75) is 96.8 Å². The predicted octanol–water partition coefficient (Wildman–Crippen LogP) is 1.80. The first-order valence-electron chi connectivity index (χ1n) is 13.4. The molecule has 11 heteroatoms. The van der Waals surface area contributed by atoms with Crippen molar-refractivity contribution in [2.24, 2.45) is 0 Å². The van der Waals surface area contributed by atoms with E-state index >= 15 is 0 Å². The van der Waals surface area contributed by atoms with Crippen molar-refractivity contribution in [3.05, 3.63) is 12.2 Å². The minimum absolute atomic E-state index is 0. The molecule has 0 rings (SSSR count). The Labute approximate surface area is 236 Å². The highest BCUT2D eigenvalue weighted by atomic mass is 127. The van der Waals surface area contributed by atoms with Gasteiger partial charge in [0.2, 0.25) is 5.91 Å². The first kappa shape index (κ1) is 37.3. The SMILES string of the molecule is CCCCCCCC/C=C\CCCCCCCC(=O)NCCOC(=O)NCCO[P+](=O)OCC[NH3+].[I-]. The Kier molecular flexibility index (Phi) is 31.5. The smallest absolute Gasteiger partial charge is 0.697 e. The third kappa shape index (κ3) is 29.4. The van der Waals surface area contributed by atoms with Crippen LogP contribution in [0.1, 0.15) is 96.8 Å². The molecule has 9 nitrogen and oxygen atoms in total. The molecule has 212 valence electrons. The molecule has 0 saturated heterocycles. The van der Waals surface area contributed by atoms with Crippen LogP contribution in [0, 0.1) is 0 Å². The van der Waals surface area contributed by atoms with Crippen LogP contribution < -0.4 is 40.3 Å². The number of amides is 2. The predicted molar refractivity (Wildman–Crippen MR) is 139 cm³/mol. The first-order valence-corrected chi connectivity index (χ1v) is 14.5. The Morgan fingerprint density at radius 3 is 1.97 bits per heavy atom. The van der Waals surface area contributed by atoms with Crippen LogP contribution in [0.4, 0.5) is 4.79 Å². The molecule has 0 spiro atoms. The summed E-state index contributed by atoms with van der Waals surface area (Å²) < 4.78 is 25.9. The van der Waals surface area contributed by atoms with E-state index in [2.05, 4.69) is 35.4 Å². The van der Waals surface area contributed by atoms with Crippen LogP contribution in [0.15, 0.2) is 12.2 Å². The molecule has 1 atom stereocenters. The van der Waals surface area contributed by atoms with E-state index in [1.54, 1.807) is 0 Å². The molecule has 0 aromatic rings. The van der Waals surface area contributed by atoms with Gasteiger partial charge in [-0.1, -0.05) is 70.4 Å². The fraction of sp³-hybridized carbons (Fsp3) is 0.840. The number of rotatable bonds is 25. The van der Waals surface area contributed by atoms with E-state index in [9.17, 15) is 14.2 Å². The van der Waals surface area contributed by atoms with Gasteiger partial charge in [-0.2, -0.15) is 0 Å². The number of ether oxygens (including phenoxy) is 1. The van der Waals surface area contributed by atoms with Gasteiger partial charge in [-0.25, -0.2) is 4.79 Å². The molecule has 2 amide bonds. The molecule has 0 saturated carbocycles. The summed E-state index contributed by atoms with van der Waals surface area (Å²) in [5.74, 6) is -0.0221. The fourth-order valence-corrected chi connectivity index (χ4v) is 3.87. The molecule has 0 heterocycles. The van der Waals surface area contributed by atoms with Gasteiger partial charge >= 0.3 is 14.3 Å². The second-order valence-electron chi connectivity index (χ2n) is 8.49. The summed E-state index contributed by atoms with van der Waals surface area (Å²) in [6.07, 6.45) is 20.5. The molecule has 0 fully saturated rings. The van der Waals surface area contributed by atoms with Gasteiger partial charge < -0.3 is 45.1 Å². The highest BCUT2D eigenvalue weighted by Crippen LogP contribution is 2.22. The molecular weight excluding hydrogens is 596 g/mol. The summed E-state index contributed by atoms with van der Waals surface area (Å²) in [6.45, 7) is 3.58. The molecule has 5 N–H and O–H groups in total. The van der Waals surface area contributed by atoms with Crippen LogP contribution in [0.25, 0.3) is 0 Å². The molecule has 0 aromatic carbocycles. The van der Waals surface area contributed by atoms with E-state index in [1.165, 1.54) is 57.8 Å². The lowest BCUT2D eigenvalue weighted by Gasteiger charge is -2.07. The second kappa shape index (κ2) is 30.4. The summed E-state index contributed by atoms with van der Waals surface area (Å²) in [5, 5.41) is 5.22. The Morgan fingerprint density at radius 1 is 0.778 bits per heavy atom. The molecular formula is C25H50IN3O6P+. The Bertz CT molecular complexity index is 570. The number of hydrogen-bond donors (Lipinski definition) is 3. The minimum atomic E-state index is -2.19. The third-order valence-electron chi connectivity index (χ3n) is 5.23. The highest BCUT2D eigenvalue weighted by molar-refractivity contribution is 7.33. The number of hydrogen-bond acceptors (Lipinski definition) is 6. The van der Waals surface area contributed by atoms with E-state index in [0.29, 0.717) is 13.0 Å². The lowest BCUT2D eigenvalue weighted by Crippen LogP contribution is -3.00. The van der Waals surface area contributed by atoms with Crippen molar-refractivity contribution >= 4 is 20.3 Å². The maximum absolute atomic E-state index is 11.8. The van der Waals surface area contributed by atoms with E-state index in [0.717, 1.165) is 25.7 Å². The number of unbranched alkanes of at least 4 members (excludes halogenated alkanes) is 11. The zero-order valence-corrected chi connectivity index (χ0v) is 25.3. The van der Waals surface area contributed by atoms with Crippen molar-refractivity contribution in [1.29, 1.82) is 0 Å². The van der Waals surface area contributed by atoms with Gasteiger partial charge in [0.25, 0.3) is 0 Å². The van der Waals surface area contributed by atoms with Gasteiger partial charge in [-0.05, 0) is 32.1 Å². The number of carbonyl (C=O) groups is 2. The van der Waals surface area contributed by atoms with Crippen molar-refractivity contribution in [1.82, 2.24) is 10.6 Å². The van der Waals surface area contributed by atoms with E-state index in [-0.39, 0.29) is 62.8 Å². The molecule has 0 bridgehead atoms. The van der Waals surface area contributed by atoms with Gasteiger partial charge in [0.1, 0.15) is 19.8 Å².